The summed E-state index contributed by atoms with van der Waals surface area (Å²) in [4.78, 5) is 24.6. The number of carbonyl (C=O) groups excluding carboxylic acids is 2. The number of benzene rings is 2. The summed E-state index contributed by atoms with van der Waals surface area (Å²) in [6.07, 6.45) is -0.445. The molecule has 0 aliphatic carbocycles. The van der Waals surface area contributed by atoms with Gasteiger partial charge in [-0.25, -0.2) is 4.79 Å². The van der Waals surface area contributed by atoms with Gasteiger partial charge >= 0.3 is 5.97 Å². The Balaban J connectivity index is 2.06. The van der Waals surface area contributed by atoms with E-state index in [0.717, 1.165) is 0 Å². The van der Waals surface area contributed by atoms with Crippen LogP contribution >= 0.6 is 0 Å². The Morgan fingerprint density at radius 3 is 2.35 bits per heavy atom. The summed E-state index contributed by atoms with van der Waals surface area (Å²) in [5.41, 5.74) is 1.74. The molecule has 5 nitrogen and oxygen atoms in total. The molecule has 0 saturated carbocycles. The van der Waals surface area contributed by atoms with Crippen LogP contribution in [-0.2, 0) is 9.53 Å². The zero-order valence-corrected chi connectivity index (χ0v) is 13.2. The van der Waals surface area contributed by atoms with E-state index in [0.29, 0.717) is 23.4 Å². The number of carbonyl (C=O) groups is 2. The van der Waals surface area contributed by atoms with Crippen molar-refractivity contribution in [1.82, 2.24) is 0 Å². The third-order valence-corrected chi connectivity index (χ3v) is 3.37. The van der Waals surface area contributed by atoms with Crippen molar-refractivity contribution in [2.24, 2.45) is 0 Å². The minimum Gasteiger partial charge on any atom is -0.449 e. The van der Waals surface area contributed by atoms with Gasteiger partial charge in [0, 0.05) is 18.4 Å². The van der Waals surface area contributed by atoms with Crippen molar-refractivity contribution in [3.8, 4) is 0 Å². The van der Waals surface area contributed by atoms with Crippen molar-refractivity contribution in [2.45, 2.75) is 19.4 Å². The number of esters is 1. The van der Waals surface area contributed by atoms with Gasteiger partial charge in [-0.15, -0.1) is 0 Å². The SMILES string of the molecule is CCC(OC(=O)c1ccccc1NC)C(=O)Nc1ccccc1. The summed E-state index contributed by atoms with van der Waals surface area (Å²) in [5.74, 6) is -0.862. The van der Waals surface area contributed by atoms with Crippen molar-refractivity contribution in [3.05, 3.63) is 60.2 Å². The summed E-state index contributed by atoms with van der Waals surface area (Å²) in [6, 6.07) is 16.1. The first-order valence-electron chi connectivity index (χ1n) is 7.49. The van der Waals surface area contributed by atoms with Gasteiger partial charge in [0.15, 0.2) is 6.10 Å². The molecule has 0 fully saturated rings. The van der Waals surface area contributed by atoms with E-state index < -0.39 is 12.1 Å². The molecule has 0 spiro atoms. The summed E-state index contributed by atoms with van der Waals surface area (Å²) >= 11 is 0. The molecule has 0 aromatic heterocycles. The quantitative estimate of drug-likeness (QED) is 0.803. The second-order valence-electron chi connectivity index (χ2n) is 4.95. The zero-order valence-electron chi connectivity index (χ0n) is 13.2. The predicted octanol–water partition coefficient (Wildman–Crippen LogP) is 3.30. The highest BCUT2D eigenvalue weighted by atomic mass is 16.5. The number of rotatable bonds is 6. The molecule has 1 unspecified atom stereocenters. The molecule has 0 aliphatic rings. The fraction of sp³-hybridized carbons (Fsp3) is 0.222. The zero-order chi connectivity index (χ0) is 16.7. The van der Waals surface area contributed by atoms with Crippen molar-refractivity contribution >= 4 is 23.3 Å². The maximum Gasteiger partial charge on any atom is 0.341 e. The van der Waals surface area contributed by atoms with Gasteiger partial charge in [-0.2, -0.15) is 0 Å². The van der Waals surface area contributed by atoms with Crippen LogP contribution < -0.4 is 10.6 Å². The Morgan fingerprint density at radius 1 is 1.04 bits per heavy atom. The highest BCUT2D eigenvalue weighted by Crippen LogP contribution is 2.17. The average Bonchev–Trinajstić information content (AvgIpc) is 2.60. The third-order valence-electron chi connectivity index (χ3n) is 3.37. The maximum absolute atomic E-state index is 12.3. The second-order valence-corrected chi connectivity index (χ2v) is 4.95. The van der Waals surface area contributed by atoms with Crippen LogP contribution in [0.15, 0.2) is 54.6 Å². The number of nitrogens with one attached hydrogen (secondary N) is 2. The lowest BCUT2D eigenvalue weighted by Gasteiger charge is -2.17. The number of para-hydroxylation sites is 2. The number of hydrogen-bond acceptors (Lipinski definition) is 4. The van der Waals surface area contributed by atoms with Gasteiger partial charge < -0.3 is 15.4 Å². The molecule has 2 aromatic carbocycles. The monoisotopic (exact) mass is 312 g/mol. The van der Waals surface area contributed by atoms with E-state index in [1.807, 2.05) is 24.3 Å². The molecular weight excluding hydrogens is 292 g/mol. The van der Waals surface area contributed by atoms with Crippen molar-refractivity contribution in [1.29, 1.82) is 0 Å². The first-order valence-corrected chi connectivity index (χ1v) is 7.49. The fourth-order valence-electron chi connectivity index (χ4n) is 2.14. The van der Waals surface area contributed by atoms with Crippen LogP contribution in [0.4, 0.5) is 11.4 Å². The van der Waals surface area contributed by atoms with Crippen LogP contribution in [-0.4, -0.2) is 25.0 Å². The van der Waals surface area contributed by atoms with E-state index in [1.165, 1.54) is 0 Å². The van der Waals surface area contributed by atoms with Crippen molar-refractivity contribution < 1.29 is 14.3 Å². The van der Waals surface area contributed by atoms with Crippen LogP contribution in [0, 0.1) is 0 Å². The smallest absolute Gasteiger partial charge is 0.341 e. The third kappa shape index (κ3) is 4.32. The van der Waals surface area contributed by atoms with E-state index >= 15 is 0 Å². The molecule has 0 heterocycles. The number of hydrogen-bond donors (Lipinski definition) is 2. The van der Waals surface area contributed by atoms with Gasteiger partial charge in [0.2, 0.25) is 0 Å². The average molecular weight is 312 g/mol. The standard InChI is InChI=1S/C18H20N2O3/c1-3-16(17(21)20-13-9-5-4-6-10-13)23-18(22)14-11-7-8-12-15(14)19-2/h4-12,16,19H,3H2,1-2H3,(H,20,21). The lowest BCUT2D eigenvalue weighted by Crippen LogP contribution is -2.32. The molecule has 120 valence electrons. The van der Waals surface area contributed by atoms with Crippen molar-refractivity contribution in [2.75, 3.05) is 17.7 Å². The molecule has 0 saturated heterocycles. The fourth-order valence-corrected chi connectivity index (χ4v) is 2.14. The van der Waals surface area contributed by atoms with Crippen LogP contribution in [0.5, 0.6) is 0 Å². The molecular formula is C18H20N2O3. The molecule has 5 heteroatoms. The Bertz CT molecular complexity index is 671. The minimum atomic E-state index is -0.840. The topological polar surface area (TPSA) is 67.4 Å². The van der Waals surface area contributed by atoms with Gasteiger partial charge in [0.1, 0.15) is 0 Å². The normalized spacial score (nSPS) is 11.4. The molecule has 2 N–H and O–H groups in total. The number of anilines is 2. The second kappa shape index (κ2) is 7.98. The van der Waals surface area contributed by atoms with E-state index in [1.54, 1.807) is 44.3 Å². The van der Waals surface area contributed by atoms with Gasteiger partial charge in [-0.3, -0.25) is 4.79 Å². The highest BCUT2D eigenvalue weighted by molar-refractivity contribution is 5.99. The number of ether oxygens (including phenoxy) is 1. The van der Waals surface area contributed by atoms with E-state index in [4.69, 9.17) is 4.74 Å². The lowest BCUT2D eigenvalue weighted by molar-refractivity contribution is -0.124. The Kier molecular flexibility index (Phi) is 5.74. The predicted molar refractivity (Wildman–Crippen MR) is 90.6 cm³/mol. The van der Waals surface area contributed by atoms with Gasteiger partial charge in [0.25, 0.3) is 5.91 Å². The molecule has 0 radical (unpaired) electrons. The first kappa shape index (κ1) is 16.5. The summed E-state index contributed by atoms with van der Waals surface area (Å²) in [7, 11) is 1.73. The van der Waals surface area contributed by atoms with E-state index in [2.05, 4.69) is 10.6 Å². The first-order chi connectivity index (χ1) is 11.2. The molecule has 2 rings (SSSR count). The van der Waals surface area contributed by atoms with Crippen LogP contribution in [0.1, 0.15) is 23.7 Å². The van der Waals surface area contributed by atoms with Crippen LogP contribution in [0.3, 0.4) is 0 Å². The summed E-state index contributed by atoms with van der Waals surface area (Å²) in [5, 5.41) is 5.68. The molecule has 1 atom stereocenters. The molecule has 0 aliphatic heterocycles. The summed E-state index contributed by atoms with van der Waals surface area (Å²) < 4.78 is 5.37. The van der Waals surface area contributed by atoms with Crippen LogP contribution in [0.2, 0.25) is 0 Å². The lowest BCUT2D eigenvalue weighted by atomic mass is 10.1. The van der Waals surface area contributed by atoms with Gasteiger partial charge in [-0.1, -0.05) is 37.3 Å². The Hall–Kier alpha value is -2.82. The van der Waals surface area contributed by atoms with Crippen LogP contribution in [0.25, 0.3) is 0 Å². The summed E-state index contributed by atoms with van der Waals surface area (Å²) in [6.45, 7) is 1.80. The van der Waals surface area contributed by atoms with Gasteiger partial charge in [0.05, 0.1) is 5.56 Å². The molecule has 0 bridgehead atoms. The highest BCUT2D eigenvalue weighted by Gasteiger charge is 2.23. The van der Waals surface area contributed by atoms with E-state index in [9.17, 15) is 9.59 Å². The minimum absolute atomic E-state index is 0.339. The largest absolute Gasteiger partial charge is 0.449 e. The molecule has 23 heavy (non-hydrogen) atoms. The number of amides is 1. The van der Waals surface area contributed by atoms with E-state index in [-0.39, 0.29) is 5.91 Å². The molecule has 1 amide bonds. The van der Waals surface area contributed by atoms with Gasteiger partial charge in [-0.05, 0) is 30.7 Å². The Morgan fingerprint density at radius 2 is 1.70 bits per heavy atom. The molecule has 2 aromatic rings. The Labute approximate surface area is 135 Å². The maximum atomic E-state index is 12.3. The van der Waals surface area contributed by atoms with Crippen molar-refractivity contribution in [3.63, 3.8) is 0 Å².